The van der Waals surface area contributed by atoms with Gasteiger partial charge in [0.15, 0.2) is 37.6 Å². The van der Waals surface area contributed by atoms with Crippen LogP contribution in [0.15, 0.2) is 11.6 Å². The van der Waals surface area contributed by atoms with Crippen LogP contribution in [0.2, 0.25) is 0 Å². The molecule has 0 aromatic rings. The number of hydrogen-bond donors (Lipinski definition) is 18. The minimum absolute atomic E-state index is 0.0106. The van der Waals surface area contributed by atoms with Crippen molar-refractivity contribution in [2.45, 2.75) is 337 Å². The van der Waals surface area contributed by atoms with Crippen molar-refractivity contribution in [3.63, 3.8) is 0 Å². The van der Waals surface area contributed by atoms with Crippen LogP contribution in [0.3, 0.4) is 0 Å². The quantitative estimate of drug-likeness (QED) is 0.0194. The van der Waals surface area contributed by atoms with Gasteiger partial charge in [-0.2, -0.15) is 0 Å². The Morgan fingerprint density at radius 2 is 1.17 bits per heavy atom. The molecule has 6 saturated heterocycles. The largest absolute Gasteiger partial charge is 0.432 e. The molecule has 34 nitrogen and oxygen atoms in total. The van der Waals surface area contributed by atoms with Crippen LogP contribution in [0.5, 0.6) is 0 Å². The summed E-state index contributed by atoms with van der Waals surface area (Å²) in [7, 11) is 0. The summed E-state index contributed by atoms with van der Waals surface area (Å²) in [5, 5.41) is 192. The van der Waals surface area contributed by atoms with E-state index in [0.717, 1.165) is 11.9 Å². The van der Waals surface area contributed by atoms with E-state index in [0.29, 0.717) is 44.9 Å². The van der Waals surface area contributed by atoms with Crippen molar-refractivity contribution in [3.05, 3.63) is 11.6 Å². The van der Waals surface area contributed by atoms with Gasteiger partial charge in [0.2, 0.25) is 12.2 Å². The van der Waals surface area contributed by atoms with E-state index in [2.05, 4.69) is 46.0 Å². The number of carbonyl (C=O) groups excluding carboxylic acids is 4. The predicted octanol–water partition coefficient (Wildman–Crippen LogP) is -3.39. The number of ether oxygens (including phenoxy) is 12. The zero-order chi connectivity index (χ0) is 79.9. The molecule has 6 aliphatic heterocycles. The Morgan fingerprint density at radius 3 is 1.78 bits per heavy atom. The normalized spacial score (nSPS) is 50.1. The maximum absolute atomic E-state index is 16.1. The molecule has 0 bridgehead atoms. The summed E-state index contributed by atoms with van der Waals surface area (Å²) in [4.78, 5) is 56.6. The van der Waals surface area contributed by atoms with Crippen molar-refractivity contribution in [3.8, 4) is 0 Å². The van der Waals surface area contributed by atoms with Gasteiger partial charge < -0.3 is 159 Å². The molecule has 40 atom stereocenters. The molecular formula is C75H121NO33. The van der Waals surface area contributed by atoms with Crippen LogP contribution in [-0.2, 0) is 76.0 Å². The van der Waals surface area contributed by atoms with Crippen molar-refractivity contribution >= 4 is 23.9 Å². The van der Waals surface area contributed by atoms with E-state index < -0.39 is 280 Å². The molecule has 10 fully saturated rings. The van der Waals surface area contributed by atoms with Crippen molar-refractivity contribution in [2.75, 3.05) is 33.0 Å². The number of fused-ring (bicyclic) bond motifs is 7. The number of hydrogen-bond acceptors (Lipinski definition) is 33. The number of nitrogens with one attached hydrogen (secondary N) is 1. The van der Waals surface area contributed by atoms with Crippen molar-refractivity contribution < 1.29 is 163 Å². The van der Waals surface area contributed by atoms with E-state index in [9.17, 15) is 101 Å². The molecule has 11 aliphatic rings. The summed E-state index contributed by atoms with van der Waals surface area (Å²) < 4.78 is 73.4. The number of aliphatic hydroxyl groups excluding tert-OH is 17. The lowest BCUT2D eigenvalue weighted by Crippen LogP contribution is -2.70. The van der Waals surface area contributed by atoms with Crippen LogP contribution in [0.1, 0.15) is 153 Å². The number of ketones is 1. The Labute approximate surface area is 633 Å². The Morgan fingerprint density at radius 1 is 0.596 bits per heavy atom. The third-order valence-corrected chi connectivity index (χ3v) is 27.8. The monoisotopic (exact) mass is 1560 g/mol. The van der Waals surface area contributed by atoms with Crippen LogP contribution in [0.4, 0.5) is 0 Å². The second kappa shape index (κ2) is 33.9. The maximum atomic E-state index is 16.1. The van der Waals surface area contributed by atoms with Gasteiger partial charge in [0.1, 0.15) is 127 Å². The number of Topliss-reactive ketones (excluding diaryl/α,β-unsaturated/α-hetero) is 1. The van der Waals surface area contributed by atoms with E-state index in [1.165, 1.54) is 13.8 Å². The molecular weight excluding hydrogens is 1440 g/mol. The van der Waals surface area contributed by atoms with E-state index in [-0.39, 0.29) is 55.6 Å². The number of aldehydes is 1. The molecule has 109 heavy (non-hydrogen) atoms. The first-order chi connectivity index (χ1) is 51.2. The van der Waals surface area contributed by atoms with Crippen molar-refractivity contribution in [1.82, 2.24) is 5.32 Å². The molecule has 11 rings (SSSR count). The molecule has 14 unspecified atom stereocenters. The third kappa shape index (κ3) is 16.2. The van der Waals surface area contributed by atoms with Gasteiger partial charge >= 0.3 is 5.97 Å². The SMILES string of the molecule is CC[C@@H](C)[C@@H](CC(C)=O)C[C@H](O)CC(=O)N[C@H]1C(CO)O[C@@H](OC(=O)[C@]23CCC(C)(C)CC2C2=CCC4C5(C)CC[C@H](O[C@@H]6OC[C@@H](O)[C@H](O[C@@H]7OC[C@@H](O)[C@H](O)C7O)C6O[C@@H]6OC(CO)[C@H](O)[C@H](O)C6O)[C@](C)(C=O)[C@@H]5CCC4(C)[C@]2(C)CC3O)[C@H](O[C@@H]2OC(C)[C@H](O[C@@H]3OC[C@@H](O)C(O)[C@H]3O)C(O)[C@@H]2O)C1O. The average molecular weight is 1560 g/mol. The molecule has 0 radical (unpaired) electrons. The van der Waals surface area contributed by atoms with Crippen LogP contribution in [0.25, 0.3) is 0 Å². The molecule has 624 valence electrons. The molecule has 0 spiro atoms. The molecule has 5 aliphatic carbocycles. The van der Waals surface area contributed by atoms with Crippen molar-refractivity contribution in [2.24, 2.45) is 62.1 Å². The van der Waals surface area contributed by atoms with Gasteiger partial charge in [-0.3, -0.25) is 9.59 Å². The standard InChI is InChI=1S/C75H121NO33/c1-11-31(2)34(20-32(3)80)21-35(81)22-47(86)76-48-41(25-77)102-68(61(52(48)90)107-65-58(96)54(92)59(33(4)101-65)105-63-55(93)49(87)38(82)27-98-63)109-69(97)75-19-18-70(5,6)23-37(75)36-12-13-44-71(7)16-15-46(72(8,30-79)43(71)14-17-73(44,9)74(36,10)24-45(75)85)104-67-62(108-66-57(95)53(91)51(89)42(26-78)103-66)60(40(84)29-100-67)106-64-56(94)50(88)39(83)28-99-64/h12,30-31,33-35,37-46,48-68,77-78,81-85,87-96H,11,13-29H2,1-10H3,(H,76,86)/t31-,33?,34+,35+,37?,38-,39-,40-,41?,42?,43-,44?,45?,46+,48+,49?,50+,51+,52?,53+,54?,55-,56?,57?,58+,59+,60+,61-,62?,63+,64+,65+,66+,67+,68+,71?,72-,73?,74-,75-/m1/s1. The number of aliphatic hydroxyl groups is 17. The summed E-state index contributed by atoms with van der Waals surface area (Å²) in [5.41, 5.74) is -4.67. The molecule has 18 N–H and O–H groups in total. The third-order valence-electron chi connectivity index (χ3n) is 27.8. The number of carbonyl (C=O) groups is 4. The van der Waals surface area contributed by atoms with Crippen LogP contribution in [0, 0.1) is 62.1 Å². The fourth-order valence-corrected chi connectivity index (χ4v) is 20.9. The van der Waals surface area contributed by atoms with Gasteiger partial charge in [-0.15, -0.1) is 0 Å². The summed E-state index contributed by atoms with van der Waals surface area (Å²) in [6, 6.07) is -1.59. The van der Waals surface area contributed by atoms with E-state index in [4.69, 9.17) is 56.8 Å². The minimum atomic E-state index is -2.06. The zero-order valence-electron chi connectivity index (χ0n) is 63.7. The molecule has 1 amide bonds. The number of amides is 1. The van der Waals surface area contributed by atoms with Crippen LogP contribution >= 0.6 is 0 Å². The predicted molar refractivity (Wildman–Crippen MR) is 370 cm³/mol. The lowest BCUT2D eigenvalue weighted by molar-refractivity contribution is -0.384. The van der Waals surface area contributed by atoms with Gasteiger partial charge in [-0.25, -0.2) is 0 Å². The topological polar surface area (TPSA) is 535 Å². The molecule has 0 aromatic carbocycles. The van der Waals surface area contributed by atoms with Gasteiger partial charge in [-0.1, -0.05) is 73.5 Å². The highest BCUT2D eigenvalue weighted by molar-refractivity contribution is 5.80. The summed E-state index contributed by atoms with van der Waals surface area (Å²) in [6.45, 7) is 16.0. The molecule has 34 heteroatoms. The molecule has 6 heterocycles. The number of esters is 1. The summed E-state index contributed by atoms with van der Waals surface area (Å²) in [6.07, 6.45) is -42.1. The Hall–Kier alpha value is -3.10. The van der Waals surface area contributed by atoms with Gasteiger partial charge in [0.25, 0.3) is 0 Å². The lowest BCUT2D eigenvalue weighted by atomic mass is 9.33. The molecule has 4 saturated carbocycles. The number of allylic oxidation sites excluding steroid dienone is 2. The van der Waals surface area contributed by atoms with Crippen LogP contribution < -0.4 is 5.32 Å². The first-order valence-corrected chi connectivity index (χ1v) is 38.9. The highest BCUT2D eigenvalue weighted by Gasteiger charge is 2.73. The van der Waals surface area contributed by atoms with E-state index in [1.54, 1.807) is 6.92 Å². The lowest BCUT2D eigenvalue weighted by Gasteiger charge is -2.71. The highest BCUT2D eigenvalue weighted by Crippen LogP contribution is 2.76. The van der Waals surface area contributed by atoms with E-state index >= 15 is 4.79 Å². The minimum Gasteiger partial charge on any atom is -0.432 e. The second-order valence-corrected chi connectivity index (χ2v) is 35.0. The van der Waals surface area contributed by atoms with Crippen molar-refractivity contribution in [1.29, 1.82) is 0 Å². The first-order valence-electron chi connectivity index (χ1n) is 38.9. The van der Waals surface area contributed by atoms with E-state index in [1.807, 2.05) is 13.8 Å². The summed E-state index contributed by atoms with van der Waals surface area (Å²) in [5.74, 6) is -3.42. The van der Waals surface area contributed by atoms with Gasteiger partial charge in [-0.05, 0) is 129 Å². The number of rotatable bonds is 24. The fourth-order valence-electron chi connectivity index (χ4n) is 20.9. The Balaban J connectivity index is 0.864. The van der Waals surface area contributed by atoms with Gasteiger partial charge in [0.05, 0.1) is 75.3 Å². The maximum Gasteiger partial charge on any atom is 0.317 e. The summed E-state index contributed by atoms with van der Waals surface area (Å²) >= 11 is 0. The Bertz CT molecular complexity index is 3150. The smallest absolute Gasteiger partial charge is 0.317 e. The fraction of sp³-hybridized carbons (Fsp3) is 0.920. The van der Waals surface area contributed by atoms with Crippen LogP contribution in [-0.4, -0.2) is 328 Å². The zero-order valence-corrected chi connectivity index (χ0v) is 63.7. The Kier molecular flexibility index (Phi) is 26.9. The second-order valence-electron chi connectivity index (χ2n) is 35.0. The average Bonchev–Trinajstić information content (AvgIpc) is 0.670. The first kappa shape index (κ1) is 86.8. The highest BCUT2D eigenvalue weighted by atomic mass is 16.8. The van der Waals surface area contributed by atoms with Gasteiger partial charge in [0, 0.05) is 6.42 Å². The molecule has 0 aromatic heterocycles.